The summed E-state index contributed by atoms with van der Waals surface area (Å²) in [4.78, 5) is 23.3. The number of hydrogen-bond acceptors (Lipinski definition) is 3. The molecule has 5 nitrogen and oxygen atoms in total. The molecule has 0 saturated carbocycles. The van der Waals surface area contributed by atoms with Crippen molar-refractivity contribution in [1.29, 1.82) is 0 Å². The molecular weight excluding hydrogens is 282 g/mol. The Hall–Kier alpha value is -1.88. The van der Waals surface area contributed by atoms with Gasteiger partial charge in [0.15, 0.2) is 0 Å². The molecule has 1 aromatic carbocycles. The molecule has 0 aromatic heterocycles. The third-order valence-corrected chi connectivity index (χ3v) is 4.24. The van der Waals surface area contributed by atoms with Crippen molar-refractivity contribution in [2.75, 3.05) is 19.8 Å². The second kappa shape index (κ2) is 7.40. The summed E-state index contributed by atoms with van der Waals surface area (Å²) in [5.74, 6) is -0.862. The van der Waals surface area contributed by atoms with E-state index < -0.39 is 11.4 Å². The number of carbonyl (C=O) groups is 2. The van der Waals surface area contributed by atoms with Crippen LogP contribution >= 0.6 is 0 Å². The monoisotopic (exact) mass is 305 g/mol. The van der Waals surface area contributed by atoms with Crippen LogP contribution in [0.1, 0.15) is 36.8 Å². The number of ether oxygens (including phenoxy) is 1. The average molecular weight is 305 g/mol. The first-order valence-corrected chi connectivity index (χ1v) is 7.69. The molecule has 0 unspecified atom stereocenters. The van der Waals surface area contributed by atoms with Crippen LogP contribution in [-0.4, -0.2) is 36.7 Å². The number of aryl methyl sites for hydroxylation is 1. The van der Waals surface area contributed by atoms with Gasteiger partial charge >= 0.3 is 5.97 Å². The second-order valence-corrected chi connectivity index (χ2v) is 5.81. The Morgan fingerprint density at radius 3 is 2.45 bits per heavy atom. The minimum absolute atomic E-state index is 0.0231. The smallest absolute Gasteiger partial charge is 0.303 e. The van der Waals surface area contributed by atoms with Crippen molar-refractivity contribution in [2.45, 2.75) is 38.0 Å². The van der Waals surface area contributed by atoms with E-state index in [9.17, 15) is 9.59 Å². The van der Waals surface area contributed by atoms with Crippen LogP contribution < -0.4 is 5.32 Å². The zero-order valence-electron chi connectivity index (χ0n) is 12.9. The lowest BCUT2D eigenvalue weighted by Gasteiger charge is -2.36. The van der Waals surface area contributed by atoms with Gasteiger partial charge in [0.05, 0.1) is 5.41 Å². The maximum Gasteiger partial charge on any atom is 0.303 e. The van der Waals surface area contributed by atoms with Crippen LogP contribution in [0.2, 0.25) is 0 Å². The average Bonchev–Trinajstić information content (AvgIpc) is 2.52. The van der Waals surface area contributed by atoms with Crippen molar-refractivity contribution in [3.63, 3.8) is 0 Å². The van der Waals surface area contributed by atoms with Gasteiger partial charge in [-0.3, -0.25) is 9.59 Å². The fourth-order valence-electron chi connectivity index (χ4n) is 2.85. The molecule has 0 bridgehead atoms. The molecule has 0 radical (unpaired) electrons. The highest BCUT2D eigenvalue weighted by atomic mass is 16.5. The summed E-state index contributed by atoms with van der Waals surface area (Å²) in [5, 5.41) is 11.6. The third-order valence-electron chi connectivity index (χ3n) is 4.24. The minimum Gasteiger partial charge on any atom is -0.481 e. The van der Waals surface area contributed by atoms with E-state index in [1.165, 1.54) is 0 Å². The van der Waals surface area contributed by atoms with Crippen LogP contribution in [0.15, 0.2) is 24.3 Å². The molecule has 0 atom stereocenters. The van der Waals surface area contributed by atoms with E-state index >= 15 is 0 Å². The minimum atomic E-state index is -0.839. The number of amides is 1. The Kier molecular flexibility index (Phi) is 5.55. The molecular formula is C17H23NO4. The molecule has 1 heterocycles. The van der Waals surface area contributed by atoms with Crippen LogP contribution in [0.25, 0.3) is 0 Å². The van der Waals surface area contributed by atoms with Gasteiger partial charge in [0, 0.05) is 26.2 Å². The van der Waals surface area contributed by atoms with Gasteiger partial charge in [-0.2, -0.15) is 0 Å². The topological polar surface area (TPSA) is 75.6 Å². The molecule has 120 valence electrons. The van der Waals surface area contributed by atoms with Gasteiger partial charge in [0.1, 0.15) is 0 Å². The molecule has 2 rings (SSSR count). The number of aliphatic carboxylic acids is 1. The van der Waals surface area contributed by atoms with Crippen molar-refractivity contribution in [3.05, 3.63) is 35.4 Å². The van der Waals surface area contributed by atoms with E-state index in [4.69, 9.17) is 9.84 Å². The lowest BCUT2D eigenvalue weighted by atomic mass is 9.73. The number of nitrogens with one attached hydrogen (secondary N) is 1. The summed E-state index contributed by atoms with van der Waals surface area (Å²) in [5.41, 5.74) is 1.61. The fourth-order valence-corrected chi connectivity index (χ4v) is 2.85. The van der Waals surface area contributed by atoms with E-state index in [2.05, 4.69) is 5.32 Å². The Balaban J connectivity index is 2.09. The van der Waals surface area contributed by atoms with Gasteiger partial charge in [-0.15, -0.1) is 0 Å². The van der Waals surface area contributed by atoms with E-state index in [0.29, 0.717) is 39.0 Å². The first-order chi connectivity index (χ1) is 10.5. The standard InChI is InChI=1S/C17H23NO4/c1-13-4-6-14(7-5-13)17(8-11-22-12-9-17)16(21)18-10-2-3-15(19)20/h4-7H,2-3,8-12H2,1H3,(H,18,21)(H,19,20). The number of hydrogen-bond donors (Lipinski definition) is 2. The number of carboxylic acid groups (broad SMARTS) is 1. The van der Waals surface area contributed by atoms with Gasteiger partial charge in [0.2, 0.25) is 5.91 Å². The van der Waals surface area contributed by atoms with Crippen LogP contribution in [0.5, 0.6) is 0 Å². The molecule has 0 spiro atoms. The Bertz CT molecular complexity index is 518. The van der Waals surface area contributed by atoms with Crippen LogP contribution in [0.4, 0.5) is 0 Å². The second-order valence-electron chi connectivity index (χ2n) is 5.81. The lowest BCUT2D eigenvalue weighted by molar-refractivity contribution is -0.137. The molecule has 5 heteroatoms. The van der Waals surface area contributed by atoms with Gasteiger partial charge in [-0.05, 0) is 31.7 Å². The summed E-state index contributed by atoms with van der Waals surface area (Å²) in [6, 6.07) is 8.06. The molecule has 22 heavy (non-hydrogen) atoms. The fraction of sp³-hybridized carbons (Fsp3) is 0.529. The molecule has 1 amide bonds. The predicted octanol–water partition coefficient (Wildman–Crippen LogP) is 2.02. The molecule has 0 aliphatic carbocycles. The van der Waals surface area contributed by atoms with Crippen molar-refractivity contribution in [1.82, 2.24) is 5.32 Å². The number of rotatable bonds is 6. The summed E-state index contributed by atoms with van der Waals surface area (Å²) >= 11 is 0. The third kappa shape index (κ3) is 3.85. The van der Waals surface area contributed by atoms with Gasteiger partial charge in [-0.25, -0.2) is 0 Å². The number of carboxylic acids is 1. The highest BCUT2D eigenvalue weighted by molar-refractivity contribution is 5.88. The molecule has 2 N–H and O–H groups in total. The largest absolute Gasteiger partial charge is 0.481 e. The first-order valence-electron chi connectivity index (χ1n) is 7.69. The maximum absolute atomic E-state index is 12.7. The summed E-state index contributed by atoms with van der Waals surface area (Å²) in [6.45, 7) is 3.54. The highest BCUT2D eigenvalue weighted by Gasteiger charge is 2.41. The van der Waals surface area contributed by atoms with E-state index in [0.717, 1.165) is 11.1 Å². The van der Waals surface area contributed by atoms with Gasteiger partial charge in [0.25, 0.3) is 0 Å². The molecule has 1 aliphatic heterocycles. The van der Waals surface area contributed by atoms with Crippen molar-refractivity contribution in [3.8, 4) is 0 Å². The quantitative estimate of drug-likeness (QED) is 0.789. The Morgan fingerprint density at radius 1 is 1.23 bits per heavy atom. The predicted molar refractivity (Wildman–Crippen MR) is 82.8 cm³/mol. The summed E-state index contributed by atoms with van der Waals surface area (Å²) < 4.78 is 5.42. The molecule has 1 saturated heterocycles. The van der Waals surface area contributed by atoms with E-state index in [1.54, 1.807) is 0 Å². The van der Waals surface area contributed by atoms with E-state index in [-0.39, 0.29) is 12.3 Å². The highest BCUT2D eigenvalue weighted by Crippen LogP contribution is 2.35. The molecule has 1 fully saturated rings. The zero-order chi connectivity index (χ0) is 16.0. The van der Waals surface area contributed by atoms with Crippen molar-refractivity contribution in [2.24, 2.45) is 0 Å². The molecule has 1 aromatic rings. The Labute approximate surface area is 130 Å². The van der Waals surface area contributed by atoms with Gasteiger partial charge in [-0.1, -0.05) is 29.8 Å². The molecule has 1 aliphatic rings. The first kappa shape index (κ1) is 16.5. The number of carbonyl (C=O) groups excluding carboxylic acids is 1. The van der Waals surface area contributed by atoms with Crippen LogP contribution in [0.3, 0.4) is 0 Å². The Morgan fingerprint density at radius 2 is 1.86 bits per heavy atom. The number of benzene rings is 1. The SMILES string of the molecule is Cc1ccc(C2(C(=O)NCCCC(=O)O)CCOCC2)cc1. The normalized spacial score (nSPS) is 17.0. The van der Waals surface area contributed by atoms with Crippen molar-refractivity contribution < 1.29 is 19.4 Å². The van der Waals surface area contributed by atoms with Crippen LogP contribution in [-0.2, 0) is 19.7 Å². The lowest BCUT2D eigenvalue weighted by Crippen LogP contribution is -2.48. The van der Waals surface area contributed by atoms with E-state index in [1.807, 2.05) is 31.2 Å². The van der Waals surface area contributed by atoms with Crippen molar-refractivity contribution >= 4 is 11.9 Å². The van der Waals surface area contributed by atoms with Crippen LogP contribution in [0, 0.1) is 6.92 Å². The summed E-state index contributed by atoms with van der Waals surface area (Å²) in [7, 11) is 0. The maximum atomic E-state index is 12.7. The zero-order valence-corrected chi connectivity index (χ0v) is 12.9. The summed E-state index contributed by atoms with van der Waals surface area (Å²) in [6.07, 6.45) is 1.82. The van der Waals surface area contributed by atoms with Gasteiger partial charge < -0.3 is 15.2 Å².